The van der Waals surface area contributed by atoms with Crippen LogP contribution in [0.3, 0.4) is 0 Å². The normalized spacial score (nSPS) is 9.80. The van der Waals surface area contributed by atoms with Crippen molar-refractivity contribution in [1.82, 2.24) is 0 Å². The predicted molar refractivity (Wildman–Crippen MR) is 60.8 cm³/mol. The Hall–Kier alpha value is -0.870. The van der Waals surface area contributed by atoms with Crippen LogP contribution in [0.4, 0.5) is 0 Å². The van der Waals surface area contributed by atoms with Gasteiger partial charge in [0.2, 0.25) is 11.6 Å². The van der Waals surface area contributed by atoms with Gasteiger partial charge in [0.05, 0.1) is 18.6 Å². The number of carbonyl (C=O) groups is 2. The molecule has 0 saturated heterocycles. The fraction of sp³-hybridized carbons (Fsp3) is 0.200. The Balaban J connectivity index is 3.17. The number of hydrogen-bond acceptors (Lipinski definition) is 3. The first kappa shape index (κ1) is 12.2. The van der Waals surface area contributed by atoms with Crippen LogP contribution in [0, 0.1) is 0 Å². The monoisotopic (exact) mass is 290 g/mol. The molecule has 0 saturated carbocycles. The van der Waals surface area contributed by atoms with E-state index in [4.69, 9.17) is 16.3 Å². The quantitative estimate of drug-likeness (QED) is 0.486. The van der Waals surface area contributed by atoms with Crippen molar-refractivity contribution >= 4 is 39.1 Å². The SMILES string of the molecule is COc1ccc(Br)cc1C(=O)C(=O)CCl. The summed E-state index contributed by atoms with van der Waals surface area (Å²) in [6.07, 6.45) is 0. The number of benzene rings is 1. The second-order valence-electron chi connectivity index (χ2n) is 2.73. The molecule has 0 aliphatic carbocycles. The number of methoxy groups -OCH3 is 1. The maximum atomic E-state index is 11.6. The highest BCUT2D eigenvalue weighted by molar-refractivity contribution is 9.10. The molecule has 1 rings (SSSR count). The molecule has 0 aromatic heterocycles. The highest BCUT2D eigenvalue weighted by Gasteiger charge is 2.19. The van der Waals surface area contributed by atoms with Crippen LogP contribution >= 0.6 is 27.5 Å². The third-order valence-electron chi connectivity index (χ3n) is 1.78. The number of hydrogen-bond donors (Lipinski definition) is 0. The first-order chi connectivity index (χ1) is 7.10. The molecule has 0 fully saturated rings. The van der Waals surface area contributed by atoms with E-state index in [2.05, 4.69) is 15.9 Å². The number of halogens is 2. The average Bonchev–Trinajstić information content (AvgIpc) is 2.27. The molecule has 80 valence electrons. The fourth-order valence-corrected chi connectivity index (χ4v) is 1.55. The van der Waals surface area contributed by atoms with Crippen LogP contribution in [-0.2, 0) is 4.79 Å². The second-order valence-corrected chi connectivity index (χ2v) is 3.91. The zero-order chi connectivity index (χ0) is 11.4. The van der Waals surface area contributed by atoms with Crippen molar-refractivity contribution in [3.63, 3.8) is 0 Å². The molecule has 0 N–H and O–H groups in total. The van der Waals surface area contributed by atoms with Crippen molar-refractivity contribution in [2.75, 3.05) is 13.0 Å². The van der Waals surface area contributed by atoms with E-state index < -0.39 is 11.6 Å². The number of ether oxygens (including phenoxy) is 1. The minimum Gasteiger partial charge on any atom is -0.496 e. The number of alkyl halides is 1. The standard InChI is InChI=1S/C10H8BrClO3/c1-15-9-3-2-6(11)4-7(9)10(14)8(13)5-12/h2-4H,5H2,1H3. The fourth-order valence-electron chi connectivity index (χ4n) is 1.07. The highest BCUT2D eigenvalue weighted by atomic mass is 79.9. The van der Waals surface area contributed by atoms with Gasteiger partial charge in [0, 0.05) is 4.47 Å². The zero-order valence-electron chi connectivity index (χ0n) is 7.92. The number of Topliss-reactive ketones (excluding diaryl/α,β-unsaturated/α-hetero) is 2. The van der Waals surface area contributed by atoms with Gasteiger partial charge in [-0.05, 0) is 18.2 Å². The molecule has 0 radical (unpaired) electrons. The lowest BCUT2D eigenvalue weighted by Gasteiger charge is -2.06. The summed E-state index contributed by atoms with van der Waals surface area (Å²) in [6.45, 7) is 0. The molecule has 15 heavy (non-hydrogen) atoms. The van der Waals surface area contributed by atoms with E-state index in [-0.39, 0.29) is 11.4 Å². The number of rotatable bonds is 4. The summed E-state index contributed by atoms with van der Waals surface area (Å²) in [5.74, 6) is -1.24. The van der Waals surface area contributed by atoms with Crippen LogP contribution < -0.4 is 4.74 Å². The number of carbonyl (C=O) groups excluding carboxylic acids is 2. The Kier molecular flexibility index (Phi) is 4.29. The maximum absolute atomic E-state index is 11.6. The Morgan fingerprint density at radius 1 is 1.47 bits per heavy atom. The van der Waals surface area contributed by atoms with E-state index in [1.54, 1.807) is 12.1 Å². The van der Waals surface area contributed by atoms with Gasteiger partial charge in [0.15, 0.2) is 0 Å². The van der Waals surface area contributed by atoms with Crippen LogP contribution in [0.25, 0.3) is 0 Å². The van der Waals surface area contributed by atoms with Crippen molar-refractivity contribution in [1.29, 1.82) is 0 Å². The lowest BCUT2D eigenvalue weighted by atomic mass is 10.1. The molecule has 0 unspecified atom stereocenters. The summed E-state index contributed by atoms with van der Waals surface area (Å²) in [7, 11) is 1.44. The molecule has 0 amide bonds. The summed E-state index contributed by atoms with van der Waals surface area (Å²) >= 11 is 8.52. The molecule has 1 aromatic rings. The summed E-state index contributed by atoms with van der Waals surface area (Å²) in [6, 6.07) is 4.87. The molecular formula is C10H8BrClO3. The minimum absolute atomic E-state index is 0.220. The van der Waals surface area contributed by atoms with Gasteiger partial charge in [0.25, 0.3) is 0 Å². The first-order valence-corrected chi connectivity index (χ1v) is 5.40. The van der Waals surface area contributed by atoms with Crippen molar-refractivity contribution in [3.8, 4) is 5.75 Å². The molecule has 5 heteroatoms. The average molecular weight is 292 g/mol. The van der Waals surface area contributed by atoms with Gasteiger partial charge >= 0.3 is 0 Å². The van der Waals surface area contributed by atoms with E-state index in [0.29, 0.717) is 10.2 Å². The van der Waals surface area contributed by atoms with Crippen molar-refractivity contribution in [2.24, 2.45) is 0 Å². The van der Waals surface area contributed by atoms with Gasteiger partial charge in [-0.2, -0.15) is 0 Å². The van der Waals surface area contributed by atoms with Crippen molar-refractivity contribution < 1.29 is 14.3 Å². The molecule has 1 aromatic carbocycles. The molecule has 3 nitrogen and oxygen atoms in total. The first-order valence-electron chi connectivity index (χ1n) is 4.07. The Morgan fingerprint density at radius 2 is 2.13 bits per heavy atom. The predicted octanol–water partition coefficient (Wildman–Crippen LogP) is 2.45. The van der Waals surface area contributed by atoms with Gasteiger partial charge in [-0.15, -0.1) is 11.6 Å². The van der Waals surface area contributed by atoms with Gasteiger partial charge in [-0.3, -0.25) is 9.59 Å². The third kappa shape index (κ3) is 2.79. The van der Waals surface area contributed by atoms with Crippen LogP contribution in [0.1, 0.15) is 10.4 Å². The smallest absolute Gasteiger partial charge is 0.233 e. The topological polar surface area (TPSA) is 43.4 Å². The van der Waals surface area contributed by atoms with E-state index in [0.717, 1.165) is 0 Å². The van der Waals surface area contributed by atoms with E-state index in [1.807, 2.05) is 0 Å². The van der Waals surface area contributed by atoms with Crippen molar-refractivity contribution in [2.45, 2.75) is 0 Å². The lowest BCUT2D eigenvalue weighted by Crippen LogP contribution is -2.16. The Morgan fingerprint density at radius 3 is 2.67 bits per heavy atom. The molecule has 0 aliphatic rings. The van der Waals surface area contributed by atoms with Crippen LogP contribution in [0.5, 0.6) is 5.75 Å². The van der Waals surface area contributed by atoms with E-state index >= 15 is 0 Å². The van der Waals surface area contributed by atoms with Crippen molar-refractivity contribution in [3.05, 3.63) is 28.2 Å². The molecule has 0 atom stereocenters. The molecule has 0 bridgehead atoms. The van der Waals surface area contributed by atoms with Crippen LogP contribution in [-0.4, -0.2) is 24.6 Å². The number of ketones is 2. The summed E-state index contributed by atoms with van der Waals surface area (Å²) in [5.41, 5.74) is 0.220. The maximum Gasteiger partial charge on any atom is 0.233 e. The third-order valence-corrected chi connectivity index (χ3v) is 2.52. The minimum atomic E-state index is -0.645. The molecular weight excluding hydrogens is 283 g/mol. The van der Waals surface area contributed by atoms with Crippen LogP contribution in [0.2, 0.25) is 0 Å². The van der Waals surface area contributed by atoms with Gasteiger partial charge in [0.1, 0.15) is 5.75 Å². The summed E-state index contributed by atoms with van der Waals surface area (Å²) in [5, 5.41) is 0. The Labute approximate surface area is 100 Å². The summed E-state index contributed by atoms with van der Waals surface area (Å²) < 4.78 is 5.68. The zero-order valence-corrected chi connectivity index (χ0v) is 10.3. The van der Waals surface area contributed by atoms with Gasteiger partial charge < -0.3 is 4.74 Å². The van der Waals surface area contributed by atoms with Gasteiger partial charge in [-0.1, -0.05) is 15.9 Å². The van der Waals surface area contributed by atoms with Gasteiger partial charge in [-0.25, -0.2) is 0 Å². The highest BCUT2D eigenvalue weighted by Crippen LogP contribution is 2.23. The van der Waals surface area contributed by atoms with Crippen LogP contribution in [0.15, 0.2) is 22.7 Å². The molecule has 0 aliphatic heterocycles. The second kappa shape index (κ2) is 5.28. The molecule has 0 spiro atoms. The largest absolute Gasteiger partial charge is 0.496 e. The van der Waals surface area contributed by atoms with E-state index in [9.17, 15) is 9.59 Å². The summed E-state index contributed by atoms with van der Waals surface area (Å²) in [4.78, 5) is 22.7. The molecule has 0 heterocycles. The van der Waals surface area contributed by atoms with E-state index in [1.165, 1.54) is 13.2 Å². The lowest BCUT2D eigenvalue weighted by molar-refractivity contribution is -0.112. The Bertz CT molecular complexity index is 404.